The third-order valence-electron chi connectivity index (χ3n) is 3.25. The third-order valence-corrected chi connectivity index (χ3v) is 4.56. The van der Waals surface area contributed by atoms with Crippen LogP contribution < -0.4 is 15.4 Å². The lowest BCUT2D eigenvalue weighted by Crippen LogP contribution is -2.48. The molecule has 118 valence electrons. The van der Waals surface area contributed by atoms with Crippen molar-refractivity contribution in [2.45, 2.75) is 20.0 Å². The first-order valence-corrected chi connectivity index (χ1v) is 8.75. The van der Waals surface area contributed by atoms with Gasteiger partial charge in [0.15, 0.2) is 0 Å². The molecular weight excluding hydrogens is 292 g/mol. The molecule has 0 radical (unpaired) electrons. The molecule has 1 aromatic heterocycles. The van der Waals surface area contributed by atoms with Gasteiger partial charge in [-0.2, -0.15) is 9.29 Å². The van der Waals surface area contributed by atoms with Gasteiger partial charge in [-0.3, -0.25) is 0 Å². The van der Waals surface area contributed by atoms with Gasteiger partial charge in [-0.05, 0) is 26.0 Å². The van der Waals surface area contributed by atoms with Gasteiger partial charge in [0.2, 0.25) is 15.9 Å². The van der Waals surface area contributed by atoms with Crippen molar-refractivity contribution in [3.63, 3.8) is 0 Å². The standard InChI is InChI=1S/C13H22N4O3S/c1-10(2)20-13-11(14)4-5-12(15-13)16-6-8-17(9-7-16)21(3,18)19/h4-5,10H,6-9,14H2,1-3H3. The molecule has 1 fully saturated rings. The molecule has 0 bridgehead atoms. The molecule has 0 unspecified atom stereocenters. The summed E-state index contributed by atoms with van der Waals surface area (Å²) in [6, 6.07) is 3.60. The summed E-state index contributed by atoms with van der Waals surface area (Å²) in [4.78, 5) is 6.47. The Kier molecular flexibility index (Phi) is 4.58. The van der Waals surface area contributed by atoms with E-state index < -0.39 is 10.0 Å². The van der Waals surface area contributed by atoms with Gasteiger partial charge in [0.25, 0.3) is 0 Å². The highest BCUT2D eigenvalue weighted by atomic mass is 32.2. The first-order valence-electron chi connectivity index (χ1n) is 6.90. The van der Waals surface area contributed by atoms with Gasteiger partial charge in [0, 0.05) is 26.2 Å². The van der Waals surface area contributed by atoms with Crippen LogP contribution in [0.5, 0.6) is 5.88 Å². The van der Waals surface area contributed by atoms with Crippen LogP contribution in [-0.2, 0) is 10.0 Å². The molecule has 0 saturated carbocycles. The zero-order chi connectivity index (χ0) is 15.6. The van der Waals surface area contributed by atoms with Crippen LogP contribution in [0.3, 0.4) is 0 Å². The lowest BCUT2D eigenvalue weighted by Gasteiger charge is -2.34. The van der Waals surface area contributed by atoms with Crippen LogP contribution in [-0.4, -0.2) is 56.2 Å². The molecular formula is C13H22N4O3S. The van der Waals surface area contributed by atoms with E-state index in [1.54, 1.807) is 6.07 Å². The van der Waals surface area contributed by atoms with Crippen molar-refractivity contribution in [1.82, 2.24) is 9.29 Å². The lowest BCUT2D eigenvalue weighted by atomic mass is 10.3. The van der Waals surface area contributed by atoms with Crippen LogP contribution >= 0.6 is 0 Å². The molecule has 21 heavy (non-hydrogen) atoms. The van der Waals surface area contributed by atoms with Gasteiger partial charge < -0.3 is 15.4 Å². The molecule has 1 aromatic rings. The maximum atomic E-state index is 11.5. The van der Waals surface area contributed by atoms with Crippen molar-refractivity contribution in [2.75, 3.05) is 43.1 Å². The summed E-state index contributed by atoms with van der Waals surface area (Å²) in [6.07, 6.45) is 1.23. The first-order chi connectivity index (χ1) is 9.77. The second-order valence-electron chi connectivity index (χ2n) is 5.38. The van der Waals surface area contributed by atoms with Crippen molar-refractivity contribution < 1.29 is 13.2 Å². The van der Waals surface area contributed by atoms with E-state index in [1.165, 1.54) is 10.6 Å². The number of piperazine rings is 1. The minimum absolute atomic E-state index is 0.00266. The second-order valence-corrected chi connectivity index (χ2v) is 7.36. The number of sulfonamides is 1. The average Bonchev–Trinajstić information content (AvgIpc) is 2.40. The first kappa shape index (κ1) is 15.8. The largest absolute Gasteiger partial charge is 0.473 e. The van der Waals surface area contributed by atoms with Gasteiger partial charge in [-0.25, -0.2) is 8.42 Å². The smallest absolute Gasteiger partial charge is 0.239 e. The fourth-order valence-corrected chi connectivity index (χ4v) is 3.01. The number of nitrogens with zero attached hydrogens (tertiary/aromatic N) is 3. The fourth-order valence-electron chi connectivity index (χ4n) is 2.18. The van der Waals surface area contributed by atoms with Crippen molar-refractivity contribution in [1.29, 1.82) is 0 Å². The van der Waals surface area contributed by atoms with E-state index in [0.29, 0.717) is 37.7 Å². The Labute approximate surface area is 125 Å². The highest BCUT2D eigenvalue weighted by Gasteiger charge is 2.24. The quantitative estimate of drug-likeness (QED) is 0.872. The van der Waals surface area contributed by atoms with Crippen LogP contribution in [0.1, 0.15) is 13.8 Å². The SMILES string of the molecule is CC(C)Oc1nc(N2CCN(S(C)(=O)=O)CC2)ccc1N. The van der Waals surface area contributed by atoms with Gasteiger partial charge in [-0.15, -0.1) is 0 Å². The Morgan fingerprint density at radius 2 is 1.86 bits per heavy atom. The van der Waals surface area contributed by atoms with Gasteiger partial charge in [0.1, 0.15) is 5.82 Å². The summed E-state index contributed by atoms with van der Waals surface area (Å²) in [5.41, 5.74) is 6.35. The number of hydrogen-bond donors (Lipinski definition) is 1. The summed E-state index contributed by atoms with van der Waals surface area (Å²) < 4.78 is 30.1. The maximum Gasteiger partial charge on any atom is 0.239 e. The molecule has 0 spiro atoms. The molecule has 2 rings (SSSR count). The van der Waals surface area contributed by atoms with E-state index in [-0.39, 0.29) is 6.10 Å². The van der Waals surface area contributed by atoms with Crippen molar-refractivity contribution in [3.05, 3.63) is 12.1 Å². The molecule has 0 aliphatic carbocycles. The highest BCUT2D eigenvalue weighted by molar-refractivity contribution is 7.88. The molecule has 1 saturated heterocycles. The molecule has 2 N–H and O–H groups in total. The summed E-state index contributed by atoms with van der Waals surface area (Å²) in [5, 5.41) is 0. The number of nitrogens with two attached hydrogens (primary N) is 1. The topological polar surface area (TPSA) is 88.8 Å². The fraction of sp³-hybridized carbons (Fsp3) is 0.615. The van der Waals surface area contributed by atoms with E-state index in [1.807, 2.05) is 24.8 Å². The van der Waals surface area contributed by atoms with E-state index in [0.717, 1.165) is 5.82 Å². The number of rotatable bonds is 4. The number of anilines is 2. The normalized spacial score (nSPS) is 17.2. The Morgan fingerprint density at radius 1 is 1.24 bits per heavy atom. The highest BCUT2D eigenvalue weighted by Crippen LogP contribution is 2.25. The number of aromatic nitrogens is 1. The van der Waals surface area contributed by atoms with Crippen LogP contribution in [0.4, 0.5) is 11.5 Å². The van der Waals surface area contributed by atoms with Crippen LogP contribution in [0, 0.1) is 0 Å². The number of hydrogen-bond acceptors (Lipinski definition) is 6. The molecule has 0 atom stereocenters. The van der Waals surface area contributed by atoms with E-state index in [2.05, 4.69) is 4.98 Å². The minimum Gasteiger partial charge on any atom is -0.473 e. The monoisotopic (exact) mass is 314 g/mol. The Hall–Kier alpha value is -1.54. The number of nitrogen functional groups attached to an aromatic ring is 1. The Morgan fingerprint density at radius 3 is 2.38 bits per heavy atom. The second kappa shape index (κ2) is 6.07. The average molecular weight is 314 g/mol. The molecule has 1 aliphatic rings. The molecule has 8 heteroatoms. The summed E-state index contributed by atoms with van der Waals surface area (Å²) in [5.74, 6) is 1.18. The number of ether oxygens (including phenoxy) is 1. The molecule has 2 heterocycles. The van der Waals surface area contributed by atoms with Crippen LogP contribution in [0.25, 0.3) is 0 Å². The third kappa shape index (κ3) is 3.98. The van der Waals surface area contributed by atoms with Gasteiger partial charge in [0.05, 0.1) is 18.0 Å². The minimum atomic E-state index is -3.12. The maximum absolute atomic E-state index is 11.5. The van der Waals surface area contributed by atoms with Gasteiger partial charge in [-0.1, -0.05) is 0 Å². The lowest BCUT2D eigenvalue weighted by molar-refractivity contribution is 0.234. The van der Waals surface area contributed by atoms with Crippen LogP contribution in [0.2, 0.25) is 0 Å². The van der Waals surface area contributed by atoms with Crippen molar-refractivity contribution in [3.8, 4) is 5.88 Å². The number of pyridine rings is 1. The Balaban J connectivity index is 2.10. The summed E-state index contributed by atoms with van der Waals surface area (Å²) in [7, 11) is -3.12. The van der Waals surface area contributed by atoms with Crippen molar-refractivity contribution >= 4 is 21.5 Å². The predicted octanol–water partition coefficient (Wildman–Crippen LogP) is 0.533. The molecule has 7 nitrogen and oxygen atoms in total. The summed E-state index contributed by atoms with van der Waals surface area (Å²) >= 11 is 0. The molecule has 1 aliphatic heterocycles. The predicted molar refractivity (Wildman–Crippen MR) is 83.0 cm³/mol. The zero-order valence-electron chi connectivity index (χ0n) is 12.6. The van der Waals surface area contributed by atoms with Gasteiger partial charge >= 0.3 is 0 Å². The molecule has 0 amide bonds. The van der Waals surface area contributed by atoms with E-state index in [9.17, 15) is 8.42 Å². The Bertz CT molecular complexity index is 595. The van der Waals surface area contributed by atoms with Crippen molar-refractivity contribution in [2.24, 2.45) is 0 Å². The van der Waals surface area contributed by atoms with E-state index in [4.69, 9.17) is 10.5 Å². The summed E-state index contributed by atoms with van der Waals surface area (Å²) in [6.45, 7) is 5.96. The van der Waals surface area contributed by atoms with Crippen LogP contribution in [0.15, 0.2) is 12.1 Å². The zero-order valence-corrected chi connectivity index (χ0v) is 13.4. The van der Waals surface area contributed by atoms with E-state index >= 15 is 0 Å². The molecule has 0 aromatic carbocycles.